The number of benzene rings is 2. The SMILES string of the molecule is NNC(=O)CN(c1ccc(F)cc1F)S(=O)(=O)c1ccc(Br)cc1. The first-order valence-corrected chi connectivity index (χ1v) is 8.72. The van der Waals surface area contributed by atoms with Crippen LogP contribution in [-0.2, 0) is 14.8 Å². The molecule has 1 amide bonds. The molecule has 0 aliphatic carbocycles. The molecule has 24 heavy (non-hydrogen) atoms. The van der Waals surface area contributed by atoms with E-state index in [4.69, 9.17) is 5.84 Å². The Hall–Kier alpha value is -2.04. The van der Waals surface area contributed by atoms with Gasteiger partial charge >= 0.3 is 0 Å². The van der Waals surface area contributed by atoms with Gasteiger partial charge in [-0.2, -0.15) is 0 Å². The summed E-state index contributed by atoms with van der Waals surface area (Å²) in [7, 11) is -4.28. The Morgan fingerprint density at radius 3 is 2.33 bits per heavy atom. The summed E-state index contributed by atoms with van der Waals surface area (Å²) in [5.74, 6) is 2.12. The molecule has 0 aliphatic heterocycles. The van der Waals surface area contributed by atoms with Gasteiger partial charge in [0, 0.05) is 10.5 Å². The Morgan fingerprint density at radius 1 is 1.17 bits per heavy atom. The van der Waals surface area contributed by atoms with Gasteiger partial charge in [-0.05, 0) is 36.4 Å². The van der Waals surface area contributed by atoms with Crippen molar-refractivity contribution in [1.29, 1.82) is 0 Å². The van der Waals surface area contributed by atoms with Crippen molar-refractivity contribution in [3.63, 3.8) is 0 Å². The number of amides is 1. The maximum Gasteiger partial charge on any atom is 0.264 e. The standard InChI is InChI=1S/C14H12BrF2N3O3S/c15-9-1-4-11(5-2-9)24(22,23)20(8-14(21)19-18)13-6-3-10(16)7-12(13)17/h1-7H,8,18H2,(H,19,21). The summed E-state index contributed by atoms with van der Waals surface area (Å²) < 4.78 is 53.8. The van der Waals surface area contributed by atoms with E-state index in [9.17, 15) is 22.0 Å². The van der Waals surface area contributed by atoms with E-state index in [-0.39, 0.29) is 4.90 Å². The van der Waals surface area contributed by atoms with E-state index in [1.165, 1.54) is 24.3 Å². The lowest BCUT2D eigenvalue weighted by molar-refractivity contribution is -0.119. The van der Waals surface area contributed by atoms with E-state index in [0.717, 1.165) is 12.1 Å². The van der Waals surface area contributed by atoms with Crippen LogP contribution in [0.4, 0.5) is 14.5 Å². The van der Waals surface area contributed by atoms with Gasteiger partial charge in [-0.15, -0.1) is 0 Å². The minimum atomic E-state index is -4.28. The monoisotopic (exact) mass is 419 g/mol. The van der Waals surface area contributed by atoms with Crippen LogP contribution in [0.2, 0.25) is 0 Å². The summed E-state index contributed by atoms with van der Waals surface area (Å²) in [6.07, 6.45) is 0. The Kier molecular flexibility index (Phi) is 5.52. The Morgan fingerprint density at radius 2 is 1.79 bits per heavy atom. The lowest BCUT2D eigenvalue weighted by atomic mass is 10.3. The number of carbonyl (C=O) groups excluding carboxylic acids is 1. The second-order valence-corrected chi connectivity index (χ2v) is 7.41. The minimum absolute atomic E-state index is 0.167. The Bertz CT molecular complexity index is 860. The van der Waals surface area contributed by atoms with Crippen molar-refractivity contribution in [2.75, 3.05) is 10.8 Å². The largest absolute Gasteiger partial charge is 0.293 e. The fourth-order valence-corrected chi connectivity index (χ4v) is 3.59. The summed E-state index contributed by atoms with van der Waals surface area (Å²) in [6, 6.07) is 7.89. The summed E-state index contributed by atoms with van der Waals surface area (Å²) in [6.45, 7) is -0.766. The zero-order valence-electron chi connectivity index (χ0n) is 12.0. The first kappa shape index (κ1) is 18.3. The number of nitrogens with two attached hydrogens (primary N) is 1. The van der Waals surface area contributed by atoms with Crippen LogP contribution in [-0.4, -0.2) is 20.9 Å². The first-order chi connectivity index (χ1) is 11.3. The smallest absolute Gasteiger partial charge is 0.264 e. The van der Waals surface area contributed by atoms with Crippen LogP contribution >= 0.6 is 15.9 Å². The van der Waals surface area contributed by atoms with Crippen LogP contribution in [0, 0.1) is 11.6 Å². The summed E-state index contributed by atoms with van der Waals surface area (Å²) in [5.41, 5.74) is 1.31. The molecule has 128 valence electrons. The van der Waals surface area contributed by atoms with Crippen LogP contribution in [0.5, 0.6) is 0 Å². The van der Waals surface area contributed by atoms with Gasteiger partial charge in [-0.1, -0.05) is 15.9 Å². The molecule has 3 N–H and O–H groups in total. The normalized spacial score (nSPS) is 11.2. The highest BCUT2D eigenvalue weighted by molar-refractivity contribution is 9.10. The van der Waals surface area contributed by atoms with Crippen molar-refractivity contribution < 1.29 is 22.0 Å². The first-order valence-electron chi connectivity index (χ1n) is 6.48. The molecule has 0 fully saturated rings. The van der Waals surface area contributed by atoms with Gasteiger partial charge in [0.2, 0.25) is 0 Å². The van der Waals surface area contributed by atoms with E-state index < -0.39 is 39.8 Å². The second-order valence-electron chi connectivity index (χ2n) is 4.63. The average molecular weight is 420 g/mol. The highest BCUT2D eigenvalue weighted by Crippen LogP contribution is 2.27. The third-order valence-corrected chi connectivity index (χ3v) is 5.33. The molecule has 0 unspecified atom stereocenters. The second kappa shape index (κ2) is 7.24. The quantitative estimate of drug-likeness (QED) is 0.439. The minimum Gasteiger partial charge on any atom is -0.293 e. The van der Waals surface area contributed by atoms with Crippen LogP contribution in [0.3, 0.4) is 0 Å². The molecule has 2 aromatic rings. The topological polar surface area (TPSA) is 92.5 Å². The molecule has 0 radical (unpaired) electrons. The number of halogens is 3. The Labute approximate surface area is 145 Å². The number of carbonyl (C=O) groups is 1. The van der Waals surface area contributed by atoms with Crippen molar-refractivity contribution in [2.24, 2.45) is 5.84 Å². The van der Waals surface area contributed by atoms with Gasteiger partial charge < -0.3 is 0 Å². The number of nitrogens with one attached hydrogen (secondary N) is 1. The molecule has 0 saturated heterocycles. The fourth-order valence-electron chi connectivity index (χ4n) is 1.89. The van der Waals surface area contributed by atoms with Crippen LogP contribution in [0.25, 0.3) is 0 Å². The van der Waals surface area contributed by atoms with Crippen LogP contribution < -0.4 is 15.6 Å². The third-order valence-electron chi connectivity index (χ3n) is 3.03. The van der Waals surface area contributed by atoms with Crippen molar-refractivity contribution in [2.45, 2.75) is 4.90 Å². The molecule has 2 rings (SSSR count). The number of nitrogens with zero attached hydrogens (tertiary/aromatic N) is 1. The van der Waals surface area contributed by atoms with E-state index in [1.807, 2.05) is 0 Å². The maximum atomic E-state index is 14.0. The molecule has 2 aromatic carbocycles. The van der Waals surface area contributed by atoms with Crippen molar-refractivity contribution in [1.82, 2.24) is 5.43 Å². The molecular weight excluding hydrogens is 408 g/mol. The number of sulfonamides is 1. The molecule has 0 spiro atoms. The van der Waals surface area contributed by atoms with E-state index in [2.05, 4.69) is 15.9 Å². The molecule has 0 heterocycles. The zero-order chi connectivity index (χ0) is 17.9. The van der Waals surface area contributed by atoms with E-state index in [1.54, 1.807) is 5.43 Å². The highest BCUT2D eigenvalue weighted by atomic mass is 79.9. The average Bonchev–Trinajstić information content (AvgIpc) is 2.53. The summed E-state index contributed by atoms with van der Waals surface area (Å²) >= 11 is 3.17. The molecule has 0 bridgehead atoms. The molecule has 0 aromatic heterocycles. The van der Waals surface area contributed by atoms with Gasteiger partial charge in [0.1, 0.15) is 18.2 Å². The number of hydrogen-bond acceptors (Lipinski definition) is 4. The molecule has 10 heteroatoms. The summed E-state index contributed by atoms with van der Waals surface area (Å²) in [5, 5.41) is 0. The van der Waals surface area contributed by atoms with Crippen molar-refractivity contribution in [3.8, 4) is 0 Å². The lowest BCUT2D eigenvalue weighted by Crippen LogP contribution is -2.43. The van der Waals surface area contributed by atoms with Crippen molar-refractivity contribution >= 4 is 37.5 Å². The fraction of sp³-hybridized carbons (Fsp3) is 0.0714. The molecule has 0 atom stereocenters. The highest BCUT2D eigenvalue weighted by Gasteiger charge is 2.29. The summed E-state index contributed by atoms with van der Waals surface area (Å²) in [4.78, 5) is 11.4. The van der Waals surface area contributed by atoms with Gasteiger partial charge in [0.05, 0.1) is 10.6 Å². The lowest BCUT2D eigenvalue weighted by Gasteiger charge is -2.24. The van der Waals surface area contributed by atoms with Crippen molar-refractivity contribution in [3.05, 3.63) is 58.6 Å². The van der Waals surface area contributed by atoms with Gasteiger partial charge in [-0.3, -0.25) is 14.5 Å². The predicted molar refractivity (Wildman–Crippen MR) is 87.4 cm³/mol. The molecule has 6 nitrogen and oxygen atoms in total. The predicted octanol–water partition coefficient (Wildman–Crippen LogP) is 1.91. The van der Waals surface area contributed by atoms with Gasteiger partial charge in [0.15, 0.2) is 0 Å². The maximum absolute atomic E-state index is 14.0. The molecular formula is C14H12BrF2N3O3S. The molecule has 0 aliphatic rings. The van der Waals surface area contributed by atoms with Gasteiger partial charge in [-0.25, -0.2) is 23.0 Å². The zero-order valence-corrected chi connectivity index (χ0v) is 14.4. The van der Waals surface area contributed by atoms with Crippen LogP contribution in [0.15, 0.2) is 51.8 Å². The van der Waals surface area contributed by atoms with E-state index >= 15 is 0 Å². The number of hydrazine groups is 1. The van der Waals surface area contributed by atoms with Gasteiger partial charge in [0.25, 0.3) is 15.9 Å². The molecule has 0 saturated carbocycles. The third kappa shape index (κ3) is 3.89. The van der Waals surface area contributed by atoms with E-state index in [0.29, 0.717) is 14.8 Å². The Balaban J connectivity index is 2.57. The number of anilines is 1. The number of rotatable bonds is 5. The van der Waals surface area contributed by atoms with Crippen LogP contribution in [0.1, 0.15) is 0 Å². The number of hydrogen-bond donors (Lipinski definition) is 2.